The molecule has 3 N–H and O–H groups in total. The summed E-state index contributed by atoms with van der Waals surface area (Å²) in [4.78, 5) is 12.3. The van der Waals surface area contributed by atoms with E-state index in [0.29, 0.717) is 13.0 Å². The van der Waals surface area contributed by atoms with Crippen LogP contribution in [0.3, 0.4) is 0 Å². The fourth-order valence-corrected chi connectivity index (χ4v) is 2.79. The standard InChI is InChI=1S/C16H22F2N2O.ClH/c1-3-16(4-2,9-19)20-15(21)11-8-10(11)14-12(17)6-5-7-13(14)18;/h5-7,10-11H,3-4,8-9,19H2,1-2H3,(H,20,21);1H. The van der Waals surface area contributed by atoms with Crippen molar-refractivity contribution >= 4 is 18.3 Å². The van der Waals surface area contributed by atoms with Gasteiger partial charge in [0.05, 0.1) is 5.54 Å². The normalized spacial score (nSPS) is 20.2. The number of hydrogen-bond donors (Lipinski definition) is 2. The highest BCUT2D eigenvalue weighted by atomic mass is 35.5. The molecule has 1 aromatic carbocycles. The molecule has 0 aliphatic heterocycles. The molecule has 0 saturated heterocycles. The summed E-state index contributed by atoms with van der Waals surface area (Å²) in [6, 6.07) is 3.79. The molecule has 0 heterocycles. The smallest absolute Gasteiger partial charge is 0.224 e. The lowest BCUT2D eigenvalue weighted by Crippen LogP contribution is -2.53. The van der Waals surface area contributed by atoms with Crippen molar-refractivity contribution < 1.29 is 13.6 Å². The maximum absolute atomic E-state index is 13.7. The van der Waals surface area contributed by atoms with Crippen LogP contribution >= 0.6 is 12.4 Å². The Bertz CT molecular complexity index is 506. The summed E-state index contributed by atoms with van der Waals surface area (Å²) < 4.78 is 27.4. The fourth-order valence-electron chi connectivity index (χ4n) is 2.79. The topological polar surface area (TPSA) is 55.1 Å². The van der Waals surface area contributed by atoms with Crippen molar-refractivity contribution in [2.75, 3.05) is 6.54 Å². The van der Waals surface area contributed by atoms with Crippen molar-refractivity contribution in [1.82, 2.24) is 5.32 Å². The predicted octanol–water partition coefficient (Wildman–Crippen LogP) is 3.12. The maximum Gasteiger partial charge on any atom is 0.224 e. The van der Waals surface area contributed by atoms with Gasteiger partial charge in [-0.25, -0.2) is 8.78 Å². The molecule has 124 valence electrons. The maximum atomic E-state index is 13.7. The summed E-state index contributed by atoms with van der Waals surface area (Å²) >= 11 is 0. The zero-order valence-corrected chi connectivity index (χ0v) is 13.7. The highest BCUT2D eigenvalue weighted by Gasteiger charge is 2.47. The second-order valence-corrected chi connectivity index (χ2v) is 5.76. The van der Waals surface area contributed by atoms with Crippen LogP contribution in [0.4, 0.5) is 8.78 Å². The molecule has 3 nitrogen and oxygen atoms in total. The summed E-state index contributed by atoms with van der Waals surface area (Å²) in [6.07, 6.45) is 1.95. The molecule has 2 rings (SSSR count). The number of nitrogens with two attached hydrogens (primary N) is 1. The number of rotatable bonds is 6. The minimum Gasteiger partial charge on any atom is -0.349 e. The van der Waals surface area contributed by atoms with Crippen LogP contribution in [0.1, 0.15) is 44.6 Å². The Balaban J connectivity index is 0.00000242. The van der Waals surface area contributed by atoms with E-state index in [0.717, 1.165) is 12.8 Å². The van der Waals surface area contributed by atoms with E-state index in [1.807, 2.05) is 13.8 Å². The number of benzene rings is 1. The Morgan fingerprint density at radius 1 is 1.32 bits per heavy atom. The van der Waals surface area contributed by atoms with Gasteiger partial charge in [-0.2, -0.15) is 0 Å². The monoisotopic (exact) mass is 332 g/mol. The van der Waals surface area contributed by atoms with Gasteiger partial charge < -0.3 is 11.1 Å². The first-order chi connectivity index (χ1) is 9.98. The Hall–Kier alpha value is -1.20. The van der Waals surface area contributed by atoms with Gasteiger partial charge in [-0.1, -0.05) is 19.9 Å². The minimum atomic E-state index is -0.577. The summed E-state index contributed by atoms with van der Waals surface area (Å²) in [7, 11) is 0. The number of amides is 1. The molecule has 0 bridgehead atoms. The Morgan fingerprint density at radius 2 is 1.86 bits per heavy atom. The molecule has 6 heteroatoms. The zero-order valence-electron chi connectivity index (χ0n) is 12.9. The quantitative estimate of drug-likeness (QED) is 0.841. The lowest BCUT2D eigenvalue weighted by molar-refractivity contribution is -0.124. The number of hydrogen-bond acceptors (Lipinski definition) is 2. The molecular weight excluding hydrogens is 310 g/mol. The second kappa shape index (κ2) is 7.38. The third kappa shape index (κ3) is 3.58. The molecule has 1 aromatic rings. The van der Waals surface area contributed by atoms with Gasteiger partial charge >= 0.3 is 0 Å². The van der Waals surface area contributed by atoms with Gasteiger partial charge in [-0.3, -0.25) is 4.79 Å². The van der Waals surface area contributed by atoms with Gasteiger partial charge in [0.15, 0.2) is 0 Å². The van der Waals surface area contributed by atoms with Crippen LogP contribution in [0, 0.1) is 17.6 Å². The first-order valence-electron chi connectivity index (χ1n) is 7.44. The van der Waals surface area contributed by atoms with Crippen molar-refractivity contribution in [1.29, 1.82) is 0 Å². The van der Waals surface area contributed by atoms with Crippen molar-refractivity contribution in [2.24, 2.45) is 11.7 Å². The summed E-state index contributed by atoms with van der Waals surface area (Å²) in [6.45, 7) is 4.30. The van der Waals surface area contributed by atoms with Gasteiger partial charge in [0, 0.05) is 23.9 Å². The van der Waals surface area contributed by atoms with E-state index in [1.165, 1.54) is 18.2 Å². The molecule has 2 atom stereocenters. The number of carbonyl (C=O) groups is 1. The summed E-state index contributed by atoms with van der Waals surface area (Å²) in [5, 5.41) is 2.97. The minimum absolute atomic E-state index is 0. The third-order valence-corrected chi connectivity index (χ3v) is 4.63. The van der Waals surface area contributed by atoms with Crippen molar-refractivity contribution in [3.05, 3.63) is 35.4 Å². The summed E-state index contributed by atoms with van der Waals surface area (Å²) in [5.41, 5.74) is 5.37. The van der Waals surface area contributed by atoms with E-state index in [4.69, 9.17) is 5.73 Å². The van der Waals surface area contributed by atoms with E-state index in [2.05, 4.69) is 5.32 Å². The van der Waals surface area contributed by atoms with Crippen LogP contribution in [0.25, 0.3) is 0 Å². The zero-order chi connectivity index (χ0) is 15.6. The fraction of sp³-hybridized carbons (Fsp3) is 0.562. The van der Waals surface area contributed by atoms with Crippen LogP contribution in [-0.2, 0) is 4.79 Å². The first kappa shape index (κ1) is 18.8. The van der Waals surface area contributed by atoms with Gasteiger partial charge in [-0.05, 0) is 31.4 Å². The van der Waals surface area contributed by atoms with E-state index < -0.39 is 17.2 Å². The van der Waals surface area contributed by atoms with Gasteiger partial charge in [0.1, 0.15) is 11.6 Å². The predicted molar refractivity (Wildman–Crippen MR) is 85.0 cm³/mol. The molecule has 0 radical (unpaired) electrons. The number of halogens is 3. The molecule has 1 fully saturated rings. The van der Waals surface area contributed by atoms with Gasteiger partial charge in [-0.15, -0.1) is 12.4 Å². The summed E-state index contributed by atoms with van der Waals surface area (Å²) in [5.74, 6) is -2.04. The molecule has 22 heavy (non-hydrogen) atoms. The largest absolute Gasteiger partial charge is 0.349 e. The SMILES string of the molecule is CCC(CC)(CN)NC(=O)C1CC1c1c(F)cccc1F.Cl. The van der Waals surface area contributed by atoms with Crippen LogP contribution in [0.5, 0.6) is 0 Å². The Labute approximate surface area is 136 Å². The van der Waals surface area contributed by atoms with Crippen molar-refractivity contribution in [3.8, 4) is 0 Å². The lowest BCUT2D eigenvalue weighted by Gasteiger charge is -2.31. The molecular formula is C16H23ClF2N2O. The molecule has 1 aliphatic rings. The van der Waals surface area contributed by atoms with Crippen LogP contribution in [-0.4, -0.2) is 18.0 Å². The van der Waals surface area contributed by atoms with Crippen molar-refractivity contribution in [3.63, 3.8) is 0 Å². The van der Waals surface area contributed by atoms with Crippen LogP contribution < -0.4 is 11.1 Å². The molecule has 0 spiro atoms. The molecule has 0 aromatic heterocycles. The van der Waals surface area contributed by atoms with E-state index in [-0.39, 0.29) is 35.7 Å². The van der Waals surface area contributed by atoms with E-state index in [9.17, 15) is 13.6 Å². The highest BCUT2D eigenvalue weighted by Crippen LogP contribution is 2.49. The highest BCUT2D eigenvalue weighted by molar-refractivity contribution is 5.85. The van der Waals surface area contributed by atoms with E-state index >= 15 is 0 Å². The second-order valence-electron chi connectivity index (χ2n) is 5.76. The first-order valence-corrected chi connectivity index (χ1v) is 7.44. The molecule has 1 amide bonds. The molecule has 2 unspecified atom stereocenters. The Morgan fingerprint density at radius 3 is 2.32 bits per heavy atom. The van der Waals surface area contributed by atoms with Gasteiger partial charge in [0.2, 0.25) is 5.91 Å². The number of nitrogens with one attached hydrogen (secondary N) is 1. The Kier molecular flexibility index (Phi) is 6.32. The average Bonchev–Trinajstić information content (AvgIpc) is 3.25. The van der Waals surface area contributed by atoms with E-state index in [1.54, 1.807) is 0 Å². The molecule has 1 aliphatic carbocycles. The number of carbonyl (C=O) groups excluding carboxylic acids is 1. The third-order valence-electron chi connectivity index (χ3n) is 4.63. The molecule has 1 saturated carbocycles. The van der Waals surface area contributed by atoms with Gasteiger partial charge in [0.25, 0.3) is 0 Å². The lowest BCUT2D eigenvalue weighted by atomic mass is 9.92. The van der Waals surface area contributed by atoms with Crippen molar-refractivity contribution in [2.45, 2.75) is 44.6 Å². The average molecular weight is 333 g/mol. The van der Waals surface area contributed by atoms with Crippen LogP contribution in [0.15, 0.2) is 18.2 Å². The van der Waals surface area contributed by atoms with Crippen LogP contribution in [0.2, 0.25) is 0 Å².